The van der Waals surface area contributed by atoms with Crippen LogP contribution in [0.2, 0.25) is 0 Å². The molecule has 0 aliphatic heterocycles. The van der Waals surface area contributed by atoms with Gasteiger partial charge in [0.05, 0.1) is 0 Å². The van der Waals surface area contributed by atoms with E-state index in [0.29, 0.717) is 11.1 Å². The van der Waals surface area contributed by atoms with Gasteiger partial charge in [-0.25, -0.2) is 0 Å². The molecule has 0 N–H and O–H groups in total. The molecule has 51 valence electrons. The molecule has 11 heavy (non-hydrogen) atoms. The van der Waals surface area contributed by atoms with Gasteiger partial charge < -0.3 is 0 Å². The first kappa shape index (κ1) is 10.6. The molecule has 0 bridgehead atoms. The second-order valence-corrected chi connectivity index (χ2v) is 1.90. The van der Waals surface area contributed by atoms with Crippen LogP contribution in [0, 0.1) is 0 Å². The molecule has 1 aromatic rings. The smallest absolute Gasteiger partial charge is 0.150 e. The van der Waals surface area contributed by atoms with Crippen LogP contribution >= 0.6 is 0 Å². The summed E-state index contributed by atoms with van der Waals surface area (Å²) in [7, 11) is 0. The summed E-state index contributed by atoms with van der Waals surface area (Å²) < 4.78 is 0. The van der Waals surface area contributed by atoms with Crippen molar-refractivity contribution < 1.29 is 9.59 Å². The maximum absolute atomic E-state index is 10.1. The second-order valence-electron chi connectivity index (χ2n) is 1.90. The van der Waals surface area contributed by atoms with Crippen LogP contribution in [0.15, 0.2) is 24.3 Å². The van der Waals surface area contributed by atoms with E-state index in [0.717, 1.165) is 12.6 Å². The molecule has 0 spiro atoms. The minimum absolute atomic E-state index is 0. The van der Waals surface area contributed by atoms with Crippen LogP contribution in [-0.4, -0.2) is 42.1 Å². The zero-order valence-electron chi connectivity index (χ0n) is 6.28. The van der Waals surface area contributed by atoms with Crippen LogP contribution < -0.4 is 0 Å². The van der Waals surface area contributed by atoms with Gasteiger partial charge in [0, 0.05) is 40.7 Å². The van der Waals surface area contributed by atoms with E-state index in [1.165, 1.54) is 0 Å². The summed E-state index contributed by atoms with van der Waals surface area (Å²) >= 11 is 0. The largest absolute Gasteiger partial charge is 0.298 e. The number of hydrogen-bond donors (Lipinski definition) is 0. The predicted octanol–water partition coefficient (Wildman–Crippen LogP) is 0.931. The van der Waals surface area contributed by atoms with Crippen LogP contribution in [-0.2, 0) is 0 Å². The summed E-state index contributed by atoms with van der Waals surface area (Å²) in [6, 6.07) is 6.43. The Labute approximate surface area is 86.9 Å². The van der Waals surface area contributed by atoms with Crippen LogP contribution in [0.4, 0.5) is 0 Å². The summed E-state index contributed by atoms with van der Waals surface area (Å²) in [6.45, 7) is 0. The van der Waals surface area contributed by atoms with Gasteiger partial charge in [0.25, 0.3) is 0 Å². The first-order valence-corrected chi connectivity index (χ1v) is 2.87. The van der Waals surface area contributed by atoms with Crippen molar-refractivity contribution in [3.63, 3.8) is 0 Å². The first-order valence-electron chi connectivity index (χ1n) is 2.87. The molecule has 0 saturated heterocycles. The van der Waals surface area contributed by atoms with Crippen LogP contribution in [0.3, 0.4) is 0 Å². The Balaban J connectivity index is 0.000001000. The zero-order chi connectivity index (χ0) is 7.40. The molecule has 2 nitrogen and oxygen atoms in total. The third-order valence-corrected chi connectivity index (χ3v) is 1.21. The molecule has 0 aromatic heterocycles. The maximum atomic E-state index is 10.1. The summed E-state index contributed by atoms with van der Waals surface area (Å²) in [5, 5.41) is 0. The first-order chi connectivity index (χ1) is 4.86. The minimum atomic E-state index is 0. The third kappa shape index (κ3) is 2.97. The van der Waals surface area contributed by atoms with Crippen LogP contribution in [0.1, 0.15) is 20.7 Å². The van der Waals surface area contributed by atoms with Gasteiger partial charge in [-0.3, -0.25) is 9.59 Å². The number of carbonyl (C=O) groups excluding carboxylic acids is 2. The fourth-order valence-electron chi connectivity index (χ4n) is 0.653. The normalized spacial score (nSPS) is 8.00. The van der Waals surface area contributed by atoms with E-state index >= 15 is 0 Å². The van der Waals surface area contributed by atoms with E-state index in [-0.39, 0.29) is 29.6 Å². The van der Waals surface area contributed by atoms with Crippen molar-refractivity contribution in [2.45, 2.75) is 0 Å². The van der Waals surface area contributed by atoms with E-state index < -0.39 is 0 Å². The van der Waals surface area contributed by atoms with Gasteiger partial charge in [0.1, 0.15) is 12.6 Å². The third-order valence-electron chi connectivity index (χ3n) is 1.21. The Morgan fingerprint density at radius 3 is 1.27 bits per heavy atom. The molecule has 0 fully saturated rings. The second kappa shape index (κ2) is 5.24. The number of aldehydes is 2. The van der Waals surface area contributed by atoms with E-state index in [4.69, 9.17) is 0 Å². The van der Waals surface area contributed by atoms with Crippen molar-refractivity contribution >= 4 is 42.1 Å². The van der Waals surface area contributed by atoms with Crippen molar-refractivity contribution in [3.8, 4) is 0 Å². The fraction of sp³-hybridized carbons (Fsp3) is 0. The molecular weight excluding hydrogens is 151 g/mol. The summed E-state index contributed by atoms with van der Waals surface area (Å²) in [6.07, 6.45) is 1.49. The fourth-order valence-corrected chi connectivity index (χ4v) is 0.653. The molecule has 0 atom stereocenters. The Morgan fingerprint density at radius 2 is 1.09 bits per heavy atom. The molecule has 0 amide bonds. The molecule has 1 radical (unpaired) electrons. The topological polar surface area (TPSA) is 34.1 Å². The van der Waals surface area contributed by atoms with Crippen molar-refractivity contribution in [3.05, 3.63) is 35.4 Å². The molecule has 0 unspecified atom stereocenters. The Bertz CT molecular complexity index is 214. The molecular formula is C8H6NaO2. The molecule has 0 heterocycles. The van der Waals surface area contributed by atoms with E-state index in [1.54, 1.807) is 24.3 Å². The monoisotopic (exact) mass is 157 g/mol. The molecule has 0 saturated carbocycles. The average Bonchev–Trinajstić information content (AvgIpc) is 2.05. The van der Waals surface area contributed by atoms with Gasteiger partial charge in [-0.2, -0.15) is 0 Å². The van der Waals surface area contributed by atoms with E-state index in [2.05, 4.69) is 0 Å². The van der Waals surface area contributed by atoms with Gasteiger partial charge in [-0.15, -0.1) is 0 Å². The number of benzene rings is 1. The van der Waals surface area contributed by atoms with Crippen molar-refractivity contribution in [1.29, 1.82) is 0 Å². The number of hydrogen-bond acceptors (Lipinski definition) is 2. The van der Waals surface area contributed by atoms with Gasteiger partial charge in [0.15, 0.2) is 0 Å². The minimum Gasteiger partial charge on any atom is -0.298 e. The average molecular weight is 157 g/mol. The van der Waals surface area contributed by atoms with Gasteiger partial charge in [-0.1, -0.05) is 24.3 Å². The van der Waals surface area contributed by atoms with Gasteiger partial charge >= 0.3 is 0 Å². The van der Waals surface area contributed by atoms with E-state index in [1.807, 2.05) is 0 Å². The number of rotatable bonds is 2. The number of carbonyl (C=O) groups is 2. The van der Waals surface area contributed by atoms with Gasteiger partial charge in [-0.05, 0) is 0 Å². The quantitative estimate of drug-likeness (QED) is 0.472. The molecule has 0 aliphatic carbocycles. The summed E-state index contributed by atoms with van der Waals surface area (Å²) in [5.41, 5.74) is 1.18. The van der Waals surface area contributed by atoms with Crippen molar-refractivity contribution in [1.82, 2.24) is 0 Å². The van der Waals surface area contributed by atoms with Gasteiger partial charge in [0.2, 0.25) is 0 Å². The Kier molecular flexibility index (Phi) is 5.03. The van der Waals surface area contributed by atoms with E-state index in [9.17, 15) is 9.59 Å². The standard InChI is InChI=1S/C8H6O2.Na/c9-5-7-1-2-8(6-10)4-3-7;/h1-6H;. The summed E-state index contributed by atoms with van der Waals surface area (Å²) in [5.74, 6) is 0. The van der Waals surface area contributed by atoms with Crippen LogP contribution in [0.5, 0.6) is 0 Å². The van der Waals surface area contributed by atoms with Crippen molar-refractivity contribution in [2.24, 2.45) is 0 Å². The Hall–Kier alpha value is -0.440. The molecule has 3 heteroatoms. The van der Waals surface area contributed by atoms with Crippen molar-refractivity contribution in [2.75, 3.05) is 0 Å². The molecule has 0 aliphatic rings. The predicted molar refractivity (Wildman–Crippen MR) is 43.0 cm³/mol. The summed E-state index contributed by atoms with van der Waals surface area (Å²) in [4.78, 5) is 20.2. The maximum Gasteiger partial charge on any atom is 0.150 e. The Morgan fingerprint density at radius 1 is 0.818 bits per heavy atom. The SMILES string of the molecule is O=Cc1ccc(C=O)cc1.[Na]. The van der Waals surface area contributed by atoms with Crippen LogP contribution in [0.25, 0.3) is 0 Å². The molecule has 1 aromatic carbocycles. The zero-order valence-corrected chi connectivity index (χ0v) is 8.28. The molecule has 1 rings (SSSR count).